The molecule has 3 rings (SSSR count). The van der Waals surface area contributed by atoms with E-state index in [4.69, 9.17) is 5.73 Å². The molecule has 2 bridgehead atoms. The van der Waals surface area contributed by atoms with Gasteiger partial charge in [-0.25, -0.2) is 0 Å². The van der Waals surface area contributed by atoms with Crippen molar-refractivity contribution in [3.05, 3.63) is 12.2 Å². The van der Waals surface area contributed by atoms with E-state index in [1.54, 1.807) is 0 Å². The minimum atomic E-state index is 0.573. The average molecular weight is 235 g/mol. The summed E-state index contributed by atoms with van der Waals surface area (Å²) in [4.78, 5) is 4.34. The Labute approximate surface area is 105 Å². The van der Waals surface area contributed by atoms with Crippen LogP contribution in [-0.2, 0) is 0 Å². The second-order valence-corrected chi connectivity index (χ2v) is 5.88. The predicted molar refractivity (Wildman–Crippen MR) is 72.8 cm³/mol. The molecule has 0 aliphatic heterocycles. The van der Waals surface area contributed by atoms with Crippen molar-refractivity contribution in [2.45, 2.75) is 33.1 Å². The first-order valence-corrected chi connectivity index (χ1v) is 6.87. The number of nitrogens with two attached hydrogens (primary N) is 1. The fourth-order valence-electron chi connectivity index (χ4n) is 2.86. The van der Waals surface area contributed by atoms with E-state index >= 15 is 0 Å². The Morgan fingerprint density at radius 2 is 2.24 bits per heavy atom. The van der Waals surface area contributed by atoms with Crippen LogP contribution < -0.4 is 11.1 Å². The molecule has 3 atom stereocenters. The maximum absolute atomic E-state index is 5.86. The van der Waals surface area contributed by atoms with Gasteiger partial charge < -0.3 is 11.1 Å². The molecule has 96 valence electrons. The van der Waals surface area contributed by atoms with Crippen LogP contribution in [0.15, 0.2) is 17.1 Å². The highest BCUT2D eigenvalue weighted by atomic mass is 15.1. The van der Waals surface area contributed by atoms with E-state index in [2.05, 4.69) is 36.3 Å². The first kappa shape index (κ1) is 12.5. The van der Waals surface area contributed by atoms with Gasteiger partial charge in [0, 0.05) is 13.1 Å². The van der Waals surface area contributed by atoms with Crippen LogP contribution in [0, 0.1) is 23.7 Å². The summed E-state index contributed by atoms with van der Waals surface area (Å²) in [5.41, 5.74) is 5.86. The Morgan fingerprint density at radius 3 is 2.76 bits per heavy atom. The van der Waals surface area contributed by atoms with E-state index in [1.807, 2.05) is 0 Å². The molecule has 3 nitrogen and oxygen atoms in total. The minimum absolute atomic E-state index is 0.573. The van der Waals surface area contributed by atoms with Gasteiger partial charge in [0.25, 0.3) is 0 Å². The molecular formula is C14H25N3. The molecule has 0 spiro atoms. The predicted octanol–water partition coefficient (Wildman–Crippen LogP) is 2.15. The smallest absolute Gasteiger partial charge is 0.188 e. The maximum Gasteiger partial charge on any atom is 0.188 e. The molecule has 3 unspecified atom stereocenters. The van der Waals surface area contributed by atoms with Gasteiger partial charge in [-0.1, -0.05) is 26.0 Å². The standard InChI is InChI=1S/C14H25N3/c1-10(2)8-16-14(15)17-9-13-7-11-3-5-12(13)6-4-11/h3,5,10-13H,4,6-9H2,1-2H3,(H3,15,16,17). The zero-order valence-corrected chi connectivity index (χ0v) is 11.0. The Kier molecular flexibility index (Phi) is 4.08. The molecule has 3 heteroatoms. The van der Waals surface area contributed by atoms with E-state index in [9.17, 15) is 0 Å². The van der Waals surface area contributed by atoms with E-state index < -0.39 is 0 Å². The van der Waals surface area contributed by atoms with Gasteiger partial charge in [0.15, 0.2) is 5.96 Å². The topological polar surface area (TPSA) is 50.4 Å². The number of hydrogen-bond acceptors (Lipinski definition) is 1. The van der Waals surface area contributed by atoms with Crippen LogP contribution >= 0.6 is 0 Å². The monoisotopic (exact) mass is 235 g/mol. The van der Waals surface area contributed by atoms with Gasteiger partial charge in [-0.05, 0) is 42.9 Å². The lowest BCUT2D eigenvalue weighted by molar-refractivity contribution is 0.221. The number of hydrogen-bond donors (Lipinski definition) is 2. The van der Waals surface area contributed by atoms with Crippen LogP contribution in [0.1, 0.15) is 33.1 Å². The van der Waals surface area contributed by atoms with Crippen molar-refractivity contribution in [1.82, 2.24) is 5.32 Å². The second-order valence-electron chi connectivity index (χ2n) is 5.88. The van der Waals surface area contributed by atoms with E-state index in [1.165, 1.54) is 19.3 Å². The lowest BCUT2D eigenvalue weighted by Gasteiger charge is -2.38. The number of aliphatic imine (C=N–C) groups is 1. The molecular weight excluding hydrogens is 210 g/mol. The van der Waals surface area contributed by atoms with Crippen LogP contribution in [0.5, 0.6) is 0 Å². The molecule has 3 aliphatic rings. The molecule has 17 heavy (non-hydrogen) atoms. The van der Waals surface area contributed by atoms with E-state index in [0.29, 0.717) is 11.9 Å². The summed E-state index contributed by atoms with van der Waals surface area (Å²) in [7, 11) is 0. The first-order valence-electron chi connectivity index (χ1n) is 6.87. The van der Waals surface area contributed by atoms with E-state index in [-0.39, 0.29) is 0 Å². The Bertz CT molecular complexity index is 307. The van der Waals surface area contributed by atoms with Crippen molar-refractivity contribution >= 4 is 5.96 Å². The minimum Gasteiger partial charge on any atom is -0.370 e. The highest BCUT2D eigenvalue weighted by molar-refractivity contribution is 5.77. The number of guanidine groups is 1. The van der Waals surface area contributed by atoms with Crippen LogP contribution in [0.3, 0.4) is 0 Å². The number of rotatable bonds is 4. The molecule has 1 fully saturated rings. The molecule has 0 amide bonds. The van der Waals surface area contributed by atoms with Crippen LogP contribution in [0.4, 0.5) is 0 Å². The summed E-state index contributed by atoms with van der Waals surface area (Å²) in [5, 5.41) is 3.29. The molecule has 0 radical (unpaired) electrons. The quantitative estimate of drug-likeness (QED) is 0.445. The Balaban J connectivity index is 1.75. The van der Waals surface area contributed by atoms with Crippen molar-refractivity contribution in [3.63, 3.8) is 0 Å². The van der Waals surface area contributed by atoms with Gasteiger partial charge >= 0.3 is 0 Å². The summed E-state index contributed by atoms with van der Waals surface area (Å²) >= 11 is 0. The van der Waals surface area contributed by atoms with Gasteiger partial charge in [-0.15, -0.1) is 0 Å². The third kappa shape index (κ3) is 3.48. The fourth-order valence-corrected chi connectivity index (χ4v) is 2.86. The normalized spacial score (nSPS) is 32.2. The SMILES string of the molecule is CC(C)CN=C(N)NCC1CC2C=CC1CC2. The molecule has 3 N–H and O–H groups in total. The van der Waals surface area contributed by atoms with Crippen molar-refractivity contribution in [2.24, 2.45) is 34.4 Å². The zero-order chi connectivity index (χ0) is 12.3. The third-order valence-corrected chi connectivity index (χ3v) is 3.88. The number of fused-ring (bicyclic) bond motifs is 2. The lowest BCUT2D eigenvalue weighted by atomic mass is 9.69. The van der Waals surface area contributed by atoms with Crippen LogP contribution in [-0.4, -0.2) is 19.0 Å². The van der Waals surface area contributed by atoms with Gasteiger partial charge in [-0.2, -0.15) is 0 Å². The summed E-state index contributed by atoms with van der Waals surface area (Å²) < 4.78 is 0. The Hall–Kier alpha value is -0.990. The zero-order valence-electron chi connectivity index (χ0n) is 11.0. The lowest BCUT2D eigenvalue weighted by Crippen LogP contribution is -2.40. The van der Waals surface area contributed by atoms with Gasteiger partial charge in [0.1, 0.15) is 0 Å². The first-order chi connectivity index (χ1) is 8.15. The number of nitrogens with zero attached hydrogens (tertiary/aromatic N) is 1. The summed E-state index contributed by atoms with van der Waals surface area (Å²) in [6, 6.07) is 0. The van der Waals surface area contributed by atoms with Crippen molar-refractivity contribution in [2.75, 3.05) is 13.1 Å². The summed E-state index contributed by atoms with van der Waals surface area (Å²) in [5.74, 6) is 3.53. The van der Waals surface area contributed by atoms with E-state index in [0.717, 1.165) is 30.8 Å². The fraction of sp³-hybridized carbons (Fsp3) is 0.786. The van der Waals surface area contributed by atoms with Crippen molar-refractivity contribution in [3.8, 4) is 0 Å². The van der Waals surface area contributed by atoms with Crippen molar-refractivity contribution < 1.29 is 0 Å². The molecule has 0 heterocycles. The maximum atomic E-state index is 5.86. The Morgan fingerprint density at radius 1 is 1.41 bits per heavy atom. The molecule has 0 saturated heterocycles. The summed E-state index contributed by atoms with van der Waals surface area (Å²) in [6.45, 7) is 6.11. The number of allylic oxidation sites excluding steroid dienone is 2. The molecule has 0 aromatic heterocycles. The van der Waals surface area contributed by atoms with Crippen LogP contribution in [0.2, 0.25) is 0 Å². The van der Waals surface area contributed by atoms with Gasteiger partial charge in [0.2, 0.25) is 0 Å². The average Bonchev–Trinajstić information content (AvgIpc) is 2.35. The molecule has 1 saturated carbocycles. The molecule has 0 aromatic rings. The second kappa shape index (κ2) is 5.56. The largest absolute Gasteiger partial charge is 0.370 e. The molecule has 0 aromatic carbocycles. The highest BCUT2D eigenvalue weighted by Gasteiger charge is 2.31. The number of nitrogens with one attached hydrogen (secondary N) is 1. The summed E-state index contributed by atoms with van der Waals surface area (Å²) in [6.07, 6.45) is 8.88. The highest BCUT2D eigenvalue weighted by Crippen LogP contribution is 2.39. The van der Waals surface area contributed by atoms with Gasteiger partial charge in [0.05, 0.1) is 0 Å². The van der Waals surface area contributed by atoms with Crippen LogP contribution in [0.25, 0.3) is 0 Å². The molecule has 3 aliphatic carbocycles. The third-order valence-electron chi connectivity index (χ3n) is 3.88. The van der Waals surface area contributed by atoms with Crippen molar-refractivity contribution in [1.29, 1.82) is 0 Å². The van der Waals surface area contributed by atoms with Gasteiger partial charge in [-0.3, -0.25) is 4.99 Å².